The summed E-state index contributed by atoms with van der Waals surface area (Å²) in [4.78, 5) is 35.8. The van der Waals surface area contributed by atoms with Crippen LogP contribution in [0.25, 0.3) is 0 Å². The van der Waals surface area contributed by atoms with E-state index in [2.05, 4.69) is 5.32 Å². The van der Waals surface area contributed by atoms with Gasteiger partial charge in [-0.15, -0.1) is 0 Å². The zero-order valence-corrected chi connectivity index (χ0v) is 16.5. The van der Waals surface area contributed by atoms with Crippen molar-refractivity contribution in [2.75, 3.05) is 11.9 Å². The fraction of sp³-hybridized carbons (Fsp3) is 0.286. The van der Waals surface area contributed by atoms with Crippen molar-refractivity contribution >= 4 is 34.9 Å². The Bertz CT molecular complexity index is 835. The van der Waals surface area contributed by atoms with Gasteiger partial charge in [-0.2, -0.15) is 0 Å². The molecule has 0 radical (unpaired) electrons. The molecule has 6 nitrogen and oxygen atoms in total. The van der Waals surface area contributed by atoms with Crippen LogP contribution in [0.3, 0.4) is 0 Å². The van der Waals surface area contributed by atoms with Gasteiger partial charge in [0.25, 0.3) is 0 Å². The van der Waals surface area contributed by atoms with Crippen LogP contribution in [-0.4, -0.2) is 30.4 Å². The SMILES string of the molecule is CCCC(=O)Nc1ccc(C(=O)COC(=O)C(C)Oc2cccc(Cl)c2)cc1. The summed E-state index contributed by atoms with van der Waals surface area (Å²) < 4.78 is 10.5. The van der Waals surface area contributed by atoms with Crippen molar-refractivity contribution in [3.8, 4) is 5.75 Å². The van der Waals surface area contributed by atoms with E-state index < -0.39 is 18.7 Å². The minimum absolute atomic E-state index is 0.0794. The summed E-state index contributed by atoms with van der Waals surface area (Å²) in [5.41, 5.74) is 0.986. The average Bonchev–Trinajstić information content (AvgIpc) is 2.66. The number of amides is 1. The summed E-state index contributed by atoms with van der Waals surface area (Å²) in [6.07, 6.45) is 0.307. The first kappa shape index (κ1) is 21.4. The second-order valence-corrected chi connectivity index (χ2v) is 6.56. The maximum absolute atomic E-state index is 12.2. The predicted octanol–water partition coefficient (Wildman–Crippen LogP) is 4.27. The number of hydrogen-bond donors (Lipinski definition) is 1. The molecule has 0 heterocycles. The molecule has 0 saturated carbocycles. The first-order valence-corrected chi connectivity index (χ1v) is 9.28. The summed E-state index contributed by atoms with van der Waals surface area (Å²) >= 11 is 5.87. The summed E-state index contributed by atoms with van der Waals surface area (Å²) in [6, 6.07) is 13.1. The van der Waals surface area contributed by atoms with Gasteiger partial charge in [0.15, 0.2) is 18.5 Å². The zero-order valence-electron chi connectivity index (χ0n) is 15.7. The molecule has 1 N–H and O–H groups in total. The van der Waals surface area contributed by atoms with E-state index in [9.17, 15) is 14.4 Å². The molecule has 7 heteroatoms. The van der Waals surface area contributed by atoms with Gasteiger partial charge >= 0.3 is 5.97 Å². The molecule has 0 aliphatic carbocycles. The molecule has 2 aromatic carbocycles. The second kappa shape index (κ2) is 10.5. The van der Waals surface area contributed by atoms with Crippen molar-refractivity contribution in [2.24, 2.45) is 0 Å². The van der Waals surface area contributed by atoms with E-state index in [1.54, 1.807) is 48.5 Å². The van der Waals surface area contributed by atoms with Crippen molar-refractivity contribution in [1.29, 1.82) is 0 Å². The van der Waals surface area contributed by atoms with Gasteiger partial charge in [-0.05, 0) is 55.8 Å². The topological polar surface area (TPSA) is 81.7 Å². The standard InChI is InChI=1S/C21H22ClNO5/c1-3-5-20(25)23-17-10-8-15(9-11-17)19(24)13-27-21(26)14(2)28-18-7-4-6-16(22)12-18/h4,6-12,14H,3,5,13H2,1-2H3,(H,23,25). The molecule has 0 spiro atoms. The molecule has 2 aromatic rings. The molecular formula is C21H22ClNO5. The number of ketones is 1. The summed E-state index contributed by atoms with van der Waals surface area (Å²) in [5.74, 6) is -0.653. The van der Waals surface area contributed by atoms with Crippen LogP contribution in [0.1, 0.15) is 37.0 Å². The minimum Gasteiger partial charge on any atom is -0.479 e. The molecule has 0 aliphatic rings. The second-order valence-electron chi connectivity index (χ2n) is 6.12. The van der Waals surface area contributed by atoms with E-state index in [4.69, 9.17) is 21.1 Å². The Labute approximate surface area is 168 Å². The van der Waals surface area contributed by atoms with Gasteiger partial charge in [0.2, 0.25) is 5.91 Å². The lowest BCUT2D eigenvalue weighted by Crippen LogP contribution is -2.28. The van der Waals surface area contributed by atoms with Crippen LogP contribution in [0.15, 0.2) is 48.5 Å². The van der Waals surface area contributed by atoms with Crippen LogP contribution in [0.2, 0.25) is 5.02 Å². The predicted molar refractivity (Wildman–Crippen MR) is 107 cm³/mol. The fourth-order valence-corrected chi connectivity index (χ4v) is 2.50. The van der Waals surface area contributed by atoms with E-state index in [-0.39, 0.29) is 11.7 Å². The van der Waals surface area contributed by atoms with Crippen molar-refractivity contribution in [2.45, 2.75) is 32.8 Å². The third-order valence-corrected chi connectivity index (χ3v) is 3.99. The maximum atomic E-state index is 12.2. The molecule has 148 valence electrons. The van der Waals surface area contributed by atoms with Gasteiger partial charge in [0, 0.05) is 22.7 Å². The van der Waals surface area contributed by atoms with E-state index in [1.807, 2.05) is 6.92 Å². The smallest absolute Gasteiger partial charge is 0.347 e. The van der Waals surface area contributed by atoms with Crippen molar-refractivity contribution in [3.63, 3.8) is 0 Å². The lowest BCUT2D eigenvalue weighted by atomic mass is 10.1. The normalized spacial score (nSPS) is 11.4. The molecule has 0 aromatic heterocycles. The first-order valence-electron chi connectivity index (χ1n) is 8.91. The Morgan fingerprint density at radius 1 is 1.11 bits per heavy atom. The Balaban J connectivity index is 1.83. The molecule has 0 fully saturated rings. The first-order chi connectivity index (χ1) is 13.4. The zero-order chi connectivity index (χ0) is 20.5. The van der Waals surface area contributed by atoms with Gasteiger partial charge in [-0.3, -0.25) is 9.59 Å². The Kier molecular flexibility index (Phi) is 8.02. The van der Waals surface area contributed by atoms with Crippen molar-refractivity contribution in [1.82, 2.24) is 0 Å². The number of nitrogens with one attached hydrogen (secondary N) is 1. The number of rotatable bonds is 9. The van der Waals surface area contributed by atoms with Gasteiger partial charge < -0.3 is 14.8 Å². The van der Waals surface area contributed by atoms with E-state index >= 15 is 0 Å². The fourth-order valence-electron chi connectivity index (χ4n) is 2.32. The number of carbonyl (C=O) groups excluding carboxylic acids is 3. The lowest BCUT2D eigenvalue weighted by Gasteiger charge is -2.14. The highest BCUT2D eigenvalue weighted by atomic mass is 35.5. The van der Waals surface area contributed by atoms with Crippen LogP contribution in [0, 0.1) is 0 Å². The van der Waals surface area contributed by atoms with Gasteiger partial charge in [-0.1, -0.05) is 24.6 Å². The van der Waals surface area contributed by atoms with Crippen LogP contribution in [0.5, 0.6) is 5.75 Å². The largest absolute Gasteiger partial charge is 0.479 e. The molecule has 0 saturated heterocycles. The molecule has 28 heavy (non-hydrogen) atoms. The number of benzene rings is 2. The quantitative estimate of drug-likeness (QED) is 0.499. The van der Waals surface area contributed by atoms with Gasteiger partial charge in [-0.25, -0.2) is 4.79 Å². The Morgan fingerprint density at radius 3 is 2.46 bits per heavy atom. The summed E-state index contributed by atoms with van der Waals surface area (Å²) in [5, 5.41) is 3.23. The number of esters is 1. The van der Waals surface area contributed by atoms with Crippen molar-refractivity contribution in [3.05, 3.63) is 59.1 Å². The molecule has 1 unspecified atom stereocenters. The highest BCUT2D eigenvalue weighted by molar-refractivity contribution is 6.30. The molecule has 2 rings (SSSR count). The number of Topliss-reactive ketones (excluding diaryl/α,β-unsaturated/α-hetero) is 1. The van der Waals surface area contributed by atoms with Crippen LogP contribution < -0.4 is 10.1 Å². The highest BCUT2D eigenvalue weighted by Crippen LogP contribution is 2.18. The highest BCUT2D eigenvalue weighted by Gasteiger charge is 2.18. The number of ether oxygens (including phenoxy) is 2. The maximum Gasteiger partial charge on any atom is 0.347 e. The number of halogens is 1. The van der Waals surface area contributed by atoms with Crippen LogP contribution >= 0.6 is 11.6 Å². The summed E-state index contributed by atoms with van der Waals surface area (Å²) in [7, 11) is 0. The van der Waals surface area contributed by atoms with Gasteiger partial charge in [0.05, 0.1) is 0 Å². The Morgan fingerprint density at radius 2 is 1.82 bits per heavy atom. The van der Waals surface area contributed by atoms with Crippen molar-refractivity contribution < 1.29 is 23.9 Å². The summed E-state index contributed by atoms with van der Waals surface area (Å²) in [6.45, 7) is 3.05. The Hall–Kier alpha value is -2.86. The molecule has 0 aliphatic heterocycles. The van der Waals surface area contributed by atoms with Crippen LogP contribution in [-0.2, 0) is 14.3 Å². The third kappa shape index (κ3) is 6.70. The van der Waals surface area contributed by atoms with E-state index in [0.717, 1.165) is 6.42 Å². The molecule has 0 bridgehead atoms. The third-order valence-electron chi connectivity index (χ3n) is 3.75. The van der Waals surface area contributed by atoms with E-state index in [0.29, 0.717) is 28.4 Å². The average molecular weight is 404 g/mol. The molecule has 1 atom stereocenters. The molecule has 1 amide bonds. The number of hydrogen-bond acceptors (Lipinski definition) is 5. The number of anilines is 1. The van der Waals surface area contributed by atoms with E-state index in [1.165, 1.54) is 6.92 Å². The monoisotopic (exact) mass is 403 g/mol. The van der Waals surface area contributed by atoms with Crippen LogP contribution in [0.4, 0.5) is 5.69 Å². The minimum atomic E-state index is -0.887. The van der Waals surface area contributed by atoms with Gasteiger partial charge in [0.1, 0.15) is 5.75 Å². The number of carbonyl (C=O) groups is 3. The lowest BCUT2D eigenvalue weighted by molar-refractivity contribution is -0.149. The molecular weight excluding hydrogens is 382 g/mol.